The normalized spacial score (nSPS) is 35.2. The second-order valence-corrected chi connectivity index (χ2v) is 6.90. The number of rotatable bonds is 1. The van der Waals surface area contributed by atoms with Gasteiger partial charge in [0.2, 0.25) is 0 Å². The third-order valence-corrected chi connectivity index (χ3v) is 4.93. The molecule has 1 heterocycles. The number of ether oxygens (including phenoxy) is 1. The number of morpholine rings is 1. The maximum atomic E-state index is 6.20. The van der Waals surface area contributed by atoms with Gasteiger partial charge in [-0.1, -0.05) is 65.2 Å². The molecule has 2 fully saturated rings. The van der Waals surface area contributed by atoms with Crippen LogP contribution in [0.15, 0.2) is 0 Å². The molecule has 0 radical (unpaired) electrons. The Morgan fingerprint density at radius 2 is 1.42 bits per heavy atom. The first kappa shape index (κ1) is 15.3. The maximum Gasteiger partial charge on any atom is 0.0728 e. The van der Waals surface area contributed by atoms with Crippen LogP contribution in [-0.4, -0.2) is 24.8 Å². The molecule has 1 saturated heterocycles. The van der Waals surface area contributed by atoms with Crippen molar-refractivity contribution in [2.45, 2.75) is 96.2 Å². The molecule has 3 atom stereocenters. The van der Waals surface area contributed by atoms with Crippen LogP contribution in [0.4, 0.5) is 0 Å². The molecule has 1 aliphatic carbocycles. The molecule has 1 aliphatic heterocycles. The zero-order valence-corrected chi connectivity index (χ0v) is 13.0. The van der Waals surface area contributed by atoms with Crippen LogP contribution in [-0.2, 0) is 4.74 Å². The molecule has 3 unspecified atom stereocenters. The smallest absolute Gasteiger partial charge is 0.0728 e. The molecule has 0 aromatic carbocycles. The van der Waals surface area contributed by atoms with Crippen LogP contribution in [0.2, 0.25) is 0 Å². The monoisotopic (exact) mass is 267 g/mol. The Hall–Kier alpha value is -0.0800. The summed E-state index contributed by atoms with van der Waals surface area (Å²) in [6, 6.07) is 1.18. The van der Waals surface area contributed by atoms with Crippen molar-refractivity contribution in [3.8, 4) is 0 Å². The summed E-state index contributed by atoms with van der Waals surface area (Å²) < 4.78 is 6.20. The lowest BCUT2D eigenvalue weighted by molar-refractivity contribution is -0.0442. The van der Waals surface area contributed by atoms with Crippen LogP contribution >= 0.6 is 0 Å². The number of hydrogen-bond acceptors (Lipinski definition) is 2. The van der Waals surface area contributed by atoms with Gasteiger partial charge in [0, 0.05) is 12.1 Å². The lowest BCUT2D eigenvalue weighted by atomic mass is 9.92. The summed E-state index contributed by atoms with van der Waals surface area (Å²) in [6.45, 7) is 5.52. The summed E-state index contributed by atoms with van der Waals surface area (Å²) >= 11 is 0. The summed E-state index contributed by atoms with van der Waals surface area (Å²) in [5, 5.41) is 3.88. The quantitative estimate of drug-likeness (QED) is 0.765. The number of hydrogen-bond donors (Lipinski definition) is 1. The minimum Gasteiger partial charge on any atom is -0.375 e. The van der Waals surface area contributed by atoms with Crippen LogP contribution < -0.4 is 5.32 Å². The van der Waals surface area contributed by atoms with Crippen molar-refractivity contribution in [3.63, 3.8) is 0 Å². The van der Waals surface area contributed by atoms with Gasteiger partial charge in [-0.3, -0.25) is 0 Å². The van der Waals surface area contributed by atoms with E-state index in [1.807, 2.05) is 0 Å². The third kappa shape index (κ3) is 5.07. The van der Waals surface area contributed by atoms with E-state index < -0.39 is 0 Å². The molecule has 19 heavy (non-hydrogen) atoms. The summed E-state index contributed by atoms with van der Waals surface area (Å²) in [5.41, 5.74) is 0. The predicted molar refractivity (Wildman–Crippen MR) is 81.5 cm³/mol. The fraction of sp³-hybridized carbons (Fsp3) is 1.00. The lowest BCUT2D eigenvalue weighted by Gasteiger charge is -2.39. The minimum atomic E-state index is 0.481. The lowest BCUT2D eigenvalue weighted by Crippen LogP contribution is -2.55. The van der Waals surface area contributed by atoms with E-state index in [2.05, 4.69) is 19.2 Å². The number of fused-ring (bicyclic) bond motifs is 1. The SMILES string of the molecule is CC(C)C1COC2CCCCCCCCCCC2N1. The topological polar surface area (TPSA) is 21.3 Å². The van der Waals surface area contributed by atoms with Crippen molar-refractivity contribution in [2.75, 3.05) is 6.61 Å². The van der Waals surface area contributed by atoms with E-state index in [9.17, 15) is 0 Å². The van der Waals surface area contributed by atoms with Crippen molar-refractivity contribution in [3.05, 3.63) is 0 Å². The molecule has 0 bridgehead atoms. The predicted octanol–water partition coefficient (Wildman–Crippen LogP) is 4.28. The molecule has 2 nitrogen and oxygen atoms in total. The standard InChI is InChI=1S/C17H33NO/c1-14(2)16-13-19-17-12-10-8-6-4-3-5-7-9-11-15(17)18-16/h14-18H,3-13H2,1-2H3. The molecule has 0 aromatic rings. The molecule has 1 N–H and O–H groups in total. The van der Waals surface area contributed by atoms with Crippen LogP contribution in [0.3, 0.4) is 0 Å². The molecule has 112 valence electrons. The van der Waals surface area contributed by atoms with Crippen molar-refractivity contribution in [1.29, 1.82) is 0 Å². The molecule has 0 amide bonds. The van der Waals surface area contributed by atoms with Gasteiger partial charge in [-0.25, -0.2) is 0 Å². The molecular weight excluding hydrogens is 234 g/mol. The Labute approximate surface area is 119 Å². The number of nitrogens with one attached hydrogen (secondary N) is 1. The highest BCUT2D eigenvalue weighted by Crippen LogP contribution is 2.23. The second kappa shape index (κ2) is 8.26. The second-order valence-electron chi connectivity index (χ2n) is 6.90. The van der Waals surface area contributed by atoms with Gasteiger partial charge in [-0.15, -0.1) is 0 Å². The summed E-state index contributed by atoms with van der Waals surface area (Å²) in [6.07, 6.45) is 14.4. The molecule has 1 saturated carbocycles. The average Bonchev–Trinajstić information content (AvgIpc) is 2.39. The van der Waals surface area contributed by atoms with E-state index in [0.29, 0.717) is 24.1 Å². The first-order valence-electron chi connectivity index (χ1n) is 8.65. The maximum absolute atomic E-state index is 6.20. The Morgan fingerprint density at radius 1 is 0.842 bits per heavy atom. The first-order valence-corrected chi connectivity index (χ1v) is 8.65. The molecule has 2 rings (SSSR count). The van der Waals surface area contributed by atoms with Crippen molar-refractivity contribution in [1.82, 2.24) is 5.32 Å². The Balaban J connectivity index is 1.86. The molecule has 2 aliphatic rings. The van der Waals surface area contributed by atoms with Gasteiger partial charge in [-0.2, -0.15) is 0 Å². The van der Waals surface area contributed by atoms with E-state index in [4.69, 9.17) is 4.74 Å². The van der Waals surface area contributed by atoms with Crippen LogP contribution in [0.25, 0.3) is 0 Å². The van der Waals surface area contributed by atoms with E-state index in [1.165, 1.54) is 64.2 Å². The largest absolute Gasteiger partial charge is 0.375 e. The molecule has 0 spiro atoms. The van der Waals surface area contributed by atoms with Gasteiger partial charge >= 0.3 is 0 Å². The van der Waals surface area contributed by atoms with Gasteiger partial charge < -0.3 is 10.1 Å². The average molecular weight is 267 g/mol. The zero-order chi connectivity index (χ0) is 13.5. The van der Waals surface area contributed by atoms with Crippen LogP contribution in [0.5, 0.6) is 0 Å². The van der Waals surface area contributed by atoms with E-state index in [0.717, 1.165) is 6.61 Å². The Kier molecular flexibility index (Phi) is 6.66. The first-order chi connectivity index (χ1) is 9.27. The fourth-order valence-electron chi connectivity index (χ4n) is 3.48. The van der Waals surface area contributed by atoms with Crippen molar-refractivity contribution < 1.29 is 4.74 Å². The highest BCUT2D eigenvalue weighted by atomic mass is 16.5. The van der Waals surface area contributed by atoms with Crippen LogP contribution in [0, 0.1) is 5.92 Å². The van der Waals surface area contributed by atoms with Crippen molar-refractivity contribution in [2.24, 2.45) is 5.92 Å². The van der Waals surface area contributed by atoms with Gasteiger partial charge in [0.25, 0.3) is 0 Å². The summed E-state index contributed by atoms with van der Waals surface area (Å²) in [5.74, 6) is 0.683. The highest BCUT2D eigenvalue weighted by Gasteiger charge is 2.31. The van der Waals surface area contributed by atoms with E-state index >= 15 is 0 Å². The van der Waals surface area contributed by atoms with Gasteiger partial charge in [0.1, 0.15) is 0 Å². The van der Waals surface area contributed by atoms with Crippen molar-refractivity contribution >= 4 is 0 Å². The Bertz CT molecular complexity index is 241. The van der Waals surface area contributed by atoms with Crippen LogP contribution in [0.1, 0.15) is 78.1 Å². The molecule has 0 aromatic heterocycles. The summed E-state index contributed by atoms with van der Waals surface area (Å²) in [4.78, 5) is 0. The zero-order valence-electron chi connectivity index (χ0n) is 13.0. The van der Waals surface area contributed by atoms with Gasteiger partial charge in [-0.05, 0) is 18.8 Å². The van der Waals surface area contributed by atoms with E-state index in [1.54, 1.807) is 0 Å². The Morgan fingerprint density at radius 3 is 2.05 bits per heavy atom. The van der Waals surface area contributed by atoms with Gasteiger partial charge in [0.15, 0.2) is 0 Å². The molecule has 2 heteroatoms. The highest BCUT2D eigenvalue weighted by molar-refractivity contribution is 4.87. The summed E-state index contributed by atoms with van der Waals surface area (Å²) in [7, 11) is 0. The van der Waals surface area contributed by atoms with Gasteiger partial charge in [0.05, 0.1) is 12.7 Å². The molecular formula is C17H33NO. The fourth-order valence-corrected chi connectivity index (χ4v) is 3.48. The third-order valence-electron chi connectivity index (χ3n) is 4.93. The van der Waals surface area contributed by atoms with E-state index in [-0.39, 0.29) is 0 Å². The minimum absolute atomic E-state index is 0.481.